The number of nitrogens with zero attached hydrogens (tertiary/aromatic N) is 4. The zero-order chi connectivity index (χ0) is 14.2. The maximum Gasteiger partial charge on any atom is 0.451 e. The Balaban J connectivity index is 1.51. The summed E-state index contributed by atoms with van der Waals surface area (Å²) in [5.74, 6) is -0.457. The minimum Gasteiger partial charge on any atom is -0.314 e. The molecule has 5 nitrogen and oxygen atoms in total. The average Bonchev–Trinajstić information content (AvgIpc) is 3.10. The van der Waals surface area contributed by atoms with Crippen LogP contribution >= 0.6 is 0 Å². The normalized spacial score (nSPS) is 20.1. The molecule has 2 aliphatic rings. The molecule has 1 aliphatic heterocycles. The number of alkyl halides is 3. The third kappa shape index (κ3) is 3.12. The van der Waals surface area contributed by atoms with Crippen molar-refractivity contribution in [2.75, 3.05) is 19.6 Å². The van der Waals surface area contributed by atoms with Crippen LogP contribution in [0.4, 0.5) is 13.2 Å². The van der Waals surface area contributed by atoms with E-state index in [4.69, 9.17) is 0 Å². The summed E-state index contributed by atoms with van der Waals surface area (Å²) in [6.45, 7) is 3.24. The molecule has 0 spiro atoms. The van der Waals surface area contributed by atoms with E-state index in [9.17, 15) is 13.2 Å². The monoisotopic (exact) mass is 289 g/mol. The second-order valence-corrected chi connectivity index (χ2v) is 5.45. The zero-order valence-corrected chi connectivity index (χ0v) is 11.2. The van der Waals surface area contributed by atoms with Gasteiger partial charge in [-0.3, -0.25) is 4.90 Å². The van der Waals surface area contributed by atoms with Crippen LogP contribution in [0.5, 0.6) is 0 Å². The van der Waals surface area contributed by atoms with Crippen LogP contribution in [0.15, 0.2) is 0 Å². The lowest BCUT2D eigenvalue weighted by Crippen LogP contribution is -2.36. The summed E-state index contributed by atoms with van der Waals surface area (Å²) in [6.07, 6.45) is -0.863. The lowest BCUT2D eigenvalue weighted by Gasteiger charge is -2.27. The second kappa shape index (κ2) is 5.33. The maximum absolute atomic E-state index is 12.7. The summed E-state index contributed by atoms with van der Waals surface area (Å²) in [7, 11) is 0. The number of hydrogen-bond donors (Lipinski definition) is 1. The van der Waals surface area contributed by atoms with Crippen molar-refractivity contribution in [2.24, 2.45) is 0 Å². The molecule has 112 valence electrons. The van der Waals surface area contributed by atoms with Gasteiger partial charge in [-0.2, -0.15) is 13.2 Å². The van der Waals surface area contributed by atoms with Crippen LogP contribution in [0.25, 0.3) is 0 Å². The van der Waals surface area contributed by atoms with E-state index in [-0.39, 0.29) is 0 Å². The predicted octanol–water partition coefficient (Wildman–Crippen LogP) is 1.25. The summed E-state index contributed by atoms with van der Waals surface area (Å²) in [5.41, 5.74) is 0. The van der Waals surface area contributed by atoms with Crippen LogP contribution in [0.1, 0.15) is 30.9 Å². The van der Waals surface area contributed by atoms with E-state index < -0.39 is 12.0 Å². The quantitative estimate of drug-likeness (QED) is 0.829. The van der Waals surface area contributed by atoms with E-state index in [1.807, 2.05) is 0 Å². The molecule has 0 atom stereocenters. The first-order valence-electron chi connectivity index (χ1n) is 6.99. The minimum atomic E-state index is -4.42. The van der Waals surface area contributed by atoms with Gasteiger partial charge in [0, 0.05) is 19.1 Å². The van der Waals surface area contributed by atoms with Gasteiger partial charge in [-0.1, -0.05) is 0 Å². The van der Waals surface area contributed by atoms with Crippen molar-refractivity contribution >= 4 is 0 Å². The van der Waals surface area contributed by atoms with Crippen molar-refractivity contribution in [2.45, 2.75) is 44.6 Å². The van der Waals surface area contributed by atoms with Gasteiger partial charge in [0.05, 0.1) is 6.54 Å². The zero-order valence-electron chi connectivity index (χ0n) is 11.2. The van der Waals surface area contributed by atoms with Crippen LogP contribution in [0, 0.1) is 0 Å². The molecule has 2 heterocycles. The highest BCUT2D eigenvalue weighted by molar-refractivity contribution is 5.02. The fourth-order valence-electron chi connectivity index (χ4n) is 2.50. The van der Waals surface area contributed by atoms with Gasteiger partial charge in [0.15, 0.2) is 0 Å². The van der Waals surface area contributed by atoms with Crippen LogP contribution in [-0.2, 0) is 19.3 Å². The number of halogens is 3. The molecule has 0 bridgehead atoms. The fraction of sp³-hybridized carbons (Fsp3) is 0.833. The van der Waals surface area contributed by atoms with Crippen molar-refractivity contribution in [1.29, 1.82) is 0 Å². The fourth-order valence-corrected chi connectivity index (χ4v) is 2.50. The van der Waals surface area contributed by atoms with Gasteiger partial charge in [-0.15, -0.1) is 10.2 Å². The number of nitrogens with one attached hydrogen (secondary N) is 1. The Morgan fingerprint density at radius 1 is 1.20 bits per heavy atom. The van der Waals surface area contributed by atoms with E-state index in [1.54, 1.807) is 0 Å². The van der Waals surface area contributed by atoms with E-state index >= 15 is 0 Å². The highest BCUT2D eigenvalue weighted by atomic mass is 19.4. The maximum atomic E-state index is 12.7. The van der Waals surface area contributed by atoms with Crippen molar-refractivity contribution in [3.05, 3.63) is 11.6 Å². The first-order chi connectivity index (χ1) is 9.54. The smallest absolute Gasteiger partial charge is 0.314 e. The third-order valence-corrected chi connectivity index (χ3v) is 3.75. The lowest BCUT2D eigenvalue weighted by atomic mass is 10.3. The van der Waals surface area contributed by atoms with Gasteiger partial charge >= 0.3 is 6.18 Å². The van der Waals surface area contributed by atoms with E-state index in [0.717, 1.165) is 19.5 Å². The van der Waals surface area contributed by atoms with Gasteiger partial charge in [-0.05, 0) is 32.4 Å². The van der Waals surface area contributed by atoms with Crippen molar-refractivity contribution in [3.8, 4) is 0 Å². The lowest BCUT2D eigenvalue weighted by molar-refractivity contribution is -0.148. The Labute approximate surface area is 115 Å². The minimum absolute atomic E-state index is 0.313. The van der Waals surface area contributed by atoms with Crippen molar-refractivity contribution < 1.29 is 13.2 Å². The van der Waals surface area contributed by atoms with Crippen LogP contribution in [-0.4, -0.2) is 45.3 Å². The average molecular weight is 289 g/mol. The molecule has 0 unspecified atom stereocenters. The largest absolute Gasteiger partial charge is 0.451 e. The summed E-state index contributed by atoms with van der Waals surface area (Å²) < 4.78 is 39.3. The molecule has 8 heteroatoms. The molecule has 1 aromatic rings. The number of aromatic nitrogens is 3. The molecule has 1 N–H and O–H groups in total. The van der Waals surface area contributed by atoms with Crippen molar-refractivity contribution in [1.82, 2.24) is 25.0 Å². The topological polar surface area (TPSA) is 46.0 Å². The summed E-state index contributed by atoms with van der Waals surface area (Å²) >= 11 is 0. The summed E-state index contributed by atoms with van der Waals surface area (Å²) in [6, 6.07) is 0.703. The van der Waals surface area contributed by atoms with Crippen LogP contribution in [0.3, 0.4) is 0 Å². The first-order valence-corrected chi connectivity index (χ1v) is 6.99. The van der Waals surface area contributed by atoms with Crippen LogP contribution < -0.4 is 5.32 Å². The summed E-state index contributed by atoms with van der Waals surface area (Å²) in [5, 5.41) is 10.4. The Kier molecular flexibility index (Phi) is 3.68. The molecule has 0 amide bonds. The van der Waals surface area contributed by atoms with Gasteiger partial charge < -0.3 is 9.88 Å². The van der Waals surface area contributed by atoms with Gasteiger partial charge in [0.25, 0.3) is 0 Å². The molecule has 3 rings (SSSR count). The Morgan fingerprint density at radius 2 is 2.00 bits per heavy atom. The highest BCUT2D eigenvalue weighted by Crippen LogP contribution is 2.29. The number of hydrogen-bond acceptors (Lipinski definition) is 4. The molecule has 1 aromatic heterocycles. The Morgan fingerprint density at radius 3 is 2.70 bits per heavy atom. The molecule has 1 saturated carbocycles. The molecule has 1 fully saturated rings. The van der Waals surface area contributed by atoms with E-state index in [0.29, 0.717) is 31.5 Å². The molecule has 0 saturated heterocycles. The first kappa shape index (κ1) is 13.8. The highest BCUT2D eigenvalue weighted by Gasteiger charge is 2.39. The second-order valence-electron chi connectivity index (χ2n) is 5.45. The molecular formula is C12H18F3N5. The van der Waals surface area contributed by atoms with Crippen LogP contribution in [0.2, 0.25) is 0 Å². The number of fused-ring (bicyclic) bond motifs is 1. The SMILES string of the molecule is FC(F)(F)c1nnc2n1CCN(CCCNC1CC1)C2. The Bertz CT molecular complexity index is 466. The molecule has 1 aliphatic carbocycles. The molecular weight excluding hydrogens is 271 g/mol. The van der Waals surface area contributed by atoms with Gasteiger partial charge in [0.2, 0.25) is 5.82 Å². The summed E-state index contributed by atoms with van der Waals surface area (Å²) in [4.78, 5) is 2.14. The van der Waals surface area contributed by atoms with Gasteiger partial charge in [0.1, 0.15) is 5.82 Å². The number of rotatable bonds is 5. The van der Waals surface area contributed by atoms with E-state index in [1.165, 1.54) is 17.4 Å². The molecule has 20 heavy (non-hydrogen) atoms. The van der Waals surface area contributed by atoms with Crippen molar-refractivity contribution in [3.63, 3.8) is 0 Å². The van der Waals surface area contributed by atoms with Gasteiger partial charge in [-0.25, -0.2) is 0 Å². The Hall–Kier alpha value is -1.15. The predicted molar refractivity (Wildman–Crippen MR) is 65.9 cm³/mol. The molecule has 0 radical (unpaired) electrons. The third-order valence-electron chi connectivity index (χ3n) is 3.75. The van der Waals surface area contributed by atoms with E-state index in [2.05, 4.69) is 20.4 Å². The standard InChI is InChI=1S/C12H18F3N5/c13-12(14,15)11-18-17-10-8-19(6-7-20(10)11)5-1-4-16-9-2-3-9/h9,16H,1-8H2. The molecule has 0 aromatic carbocycles.